The predicted octanol–water partition coefficient (Wildman–Crippen LogP) is 3.71. The number of nitrogens with one attached hydrogen (secondary N) is 1. The molecule has 0 amide bonds. The maximum Gasteiger partial charge on any atom is 0.163 e. The van der Waals surface area contributed by atoms with Crippen molar-refractivity contribution in [2.24, 2.45) is 0 Å². The molecule has 1 unspecified atom stereocenters. The Labute approximate surface area is 126 Å². The van der Waals surface area contributed by atoms with E-state index in [1.165, 1.54) is 12.5 Å². The molecule has 21 heavy (non-hydrogen) atoms. The minimum atomic E-state index is -0.756. The van der Waals surface area contributed by atoms with Crippen molar-refractivity contribution in [2.45, 2.75) is 58.2 Å². The molecule has 0 saturated carbocycles. The van der Waals surface area contributed by atoms with Gasteiger partial charge in [-0.25, -0.2) is 8.78 Å². The van der Waals surface area contributed by atoms with Crippen LogP contribution in [0.2, 0.25) is 0 Å². The van der Waals surface area contributed by atoms with Gasteiger partial charge >= 0.3 is 0 Å². The van der Waals surface area contributed by atoms with Gasteiger partial charge in [0.1, 0.15) is 0 Å². The zero-order valence-corrected chi connectivity index (χ0v) is 13.3. The Morgan fingerprint density at radius 2 is 2.00 bits per heavy atom. The van der Waals surface area contributed by atoms with E-state index < -0.39 is 11.6 Å². The topological polar surface area (TPSA) is 15.3 Å². The average Bonchev–Trinajstić information content (AvgIpc) is 2.42. The Morgan fingerprint density at radius 3 is 2.71 bits per heavy atom. The van der Waals surface area contributed by atoms with Crippen molar-refractivity contribution >= 4 is 0 Å². The first kappa shape index (κ1) is 16.4. The molecule has 0 aromatic heterocycles. The van der Waals surface area contributed by atoms with Crippen LogP contribution in [0.4, 0.5) is 8.78 Å². The molecular formula is C17H26F2N2. The molecule has 0 aliphatic carbocycles. The van der Waals surface area contributed by atoms with Gasteiger partial charge in [0.05, 0.1) is 0 Å². The molecule has 2 rings (SSSR count). The monoisotopic (exact) mass is 296 g/mol. The van der Waals surface area contributed by atoms with Crippen molar-refractivity contribution in [3.8, 4) is 0 Å². The number of halogens is 2. The smallest absolute Gasteiger partial charge is 0.163 e. The normalized spacial score (nSPS) is 20.7. The fourth-order valence-corrected chi connectivity index (χ4v) is 2.81. The molecule has 0 radical (unpaired) electrons. The molecule has 4 heteroatoms. The third-order valence-electron chi connectivity index (χ3n) is 4.02. The van der Waals surface area contributed by atoms with Crippen molar-refractivity contribution in [3.63, 3.8) is 0 Å². The number of benzene rings is 1. The summed E-state index contributed by atoms with van der Waals surface area (Å²) >= 11 is 0. The predicted molar refractivity (Wildman–Crippen MR) is 82.2 cm³/mol. The summed E-state index contributed by atoms with van der Waals surface area (Å²) in [7, 11) is 0. The lowest BCUT2D eigenvalue weighted by molar-refractivity contribution is 0.129. The number of nitrogens with zero attached hydrogens (tertiary/aromatic N) is 1. The van der Waals surface area contributed by atoms with Gasteiger partial charge in [-0.2, -0.15) is 0 Å². The van der Waals surface area contributed by atoms with Gasteiger partial charge in [0, 0.05) is 30.2 Å². The van der Waals surface area contributed by atoms with Crippen molar-refractivity contribution in [2.75, 3.05) is 13.1 Å². The first-order valence-electron chi connectivity index (χ1n) is 7.79. The number of likely N-dealkylation sites (tertiary alicyclic amines) is 1. The van der Waals surface area contributed by atoms with Crippen LogP contribution in [0.1, 0.15) is 45.6 Å². The van der Waals surface area contributed by atoms with Crippen molar-refractivity contribution in [1.82, 2.24) is 10.2 Å². The second-order valence-electron chi connectivity index (χ2n) is 6.96. The fourth-order valence-electron chi connectivity index (χ4n) is 2.81. The first-order valence-corrected chi connectivity index (χ1v) is 7.79. The van der Waals surface area contributed by atoms with Crippen LogP contribution < -0.4 is 5.32 Å². The summed E-state index contributed by atoms with van der Waals surface area (Å²) in [5.41, 5.74) is 0.533. The molecule has 0 spiro atoms. The van der Waals surface area contributed by atoms with Crippen LogP contribution in [0.25, 0.3) is 0 Å². The standard InChI is InChI=1S/C17H26F2N2/c1-17(2,3)20-11-14-8-4-5-10-21(14)12-13-7-6-9-15(18)16(13)19/h6-7,9,14,20H,4-5,8,10-12H2,1-3H3. The molecule has 1 N–H and O–H groups in total. The summed E-state index contributed by atoms with van der Waals surface area (Å²) < 4.78 is 27.2. The quantitative estimate of drug-likeness (QED) is 0.911. The molecule has 1 heterocycles. The number of hydrogen-bond donors (Lipinski definition) is 1. The molecule has 1 aliphatic rings. The summed E-state index contributed by atoms with van der Waals surface area (Å²) in [6, 6.07) is 4.83. The van der Waals surface area contributed by atoms with E-state index in [0.717, 1.165) is 25.9 Å². The highest BCUT2D eigenvalue weighted by Gasteiger charge is 2.25. The van der Waals surface area contributed by atoms with E-state index in [-0.39, 0.29) is 5.54 Å². The van der Waals surface area contributed by atoms with Crippen molar-refractivity contribution in [1.29, 1.82) is 0 Å². The van der Waals surface area contributed by atoms with E-state index in [9.17, 15) is 8.78 Å². The summed E-state index contributed by atoms with van der Waals surface area (Å²) in [5.74, 6) is -1.46. The summed E-state index contributed by atoms with van der Waals surface area (Å²) in [6.45, 7) is 8.76. The molecule has 1 aromatic carbocycles. The molecule has 0 bridgehead atoms. The van der Waals surface area contributed by atoms with Gasteiger partial charge in [0.2, 0.25) is 0 Å². The lowest BCUT2D eigenvalue weighted by Gasteiger charge is -2.37. The lowest BCUT2D eigenvalue weighted by Crippen LogP contribution is -2.49. The SMILES string of the molecule is CC(C)(C)NCC1CCCCN1Cc1cccc(F)c1F. The molecule has 1 aromatic rings. The summed E-state index contributed by atoms with van der Waals surface area (Å²) in [5, 5.41) is 3.52. The van der Waals surface area contributed by atoms with Crippen LogP contribution in [0.3, 0.4) is 0 Å². The summed E-state index contributed by atoms with van der Waals surface area (Å²) in [6.07, 6.45) is 3.45. The number of piperidine rings is 1. The van der Waals surface area contributed by atoms with Crippen molar-refractivity contribution < 1.29 is 8.78 Å². The zero-order chi connectivity index (χ0) is 15.5. The Morgan fingerprint density at radius 1 is 1.24 bits per heavy atom. The highest BCUT2D eigenvalue weighted by atomic mass is 19.2. The highest BCUT2D eigenvalue weighted by Crippen LogP contribution is 2.21. The first-order chi connectivity index (χ1) is 9.87. The van der Waals surface area contributed by atoms with Crippen LogP contribution in [-0.2, 0) is 6.54 Å². The molecule has 118 valence electrons. The van der Waals surface area contributed by atoms with E-state index in [2.05, 4.69) is 31.0 Å². The van der Waals surface area contributed by atoms with Gasteiger partial charge < -0.3 is 5.32 Å². The van der Waals surface area contributed by atoms with E-state index in [0.29, 0.717) is 18.2 Å². The van der Waals surface area contributed by atoms with Crippen LogP contribution in [0, 0.1) is 11.6 Å². The third-order valence-corrected chi connectivity index (χ3v) is 4.02. The van der Waals surface area contributed by atoms with Gasteiger partial charge in [-0.15, -0.1) is 0 Å². The van der Waals surface area contributed by atoms with E-state index in [1.807, 2.05) is 0 Å². The number of rotatable bonds is 4. The molecule has 1 atom stereocenters. The lowest BCUT2D eigenvalue weighted by atomic mass is 9.99. The Hall–Kier alpha value is -1.00. The molecular weight excluding hydrogens is 270 g/mol. The number of hydrogen-bond acceptors (Lipinski definition) is 2. The second kappa shape index (κ2) is 6.84. The van der Waals surface area contributed by atoms with Gasteiger partial charge in [-0.3, -0.25) is 4.90 Å². The van der Waals surface area contributed by atoms with E-state index in [4.69, 9.17) is 0 Å². The van der Waals surface area contributed by atoms with E-state index in [1.54, 1.807) is 12.1 Å². The Balaban J connectivity index is 2.03. The van der Waals surface area contributed by atoms with E-state index >= 15 is 0 Å². The second-order valence-corrected chi connectivity index (χ2v) is 6.96. The van der Waals surface area contributed by atoms with Crippen LogP contribution in [-0.4, -0.2) is 29.6 Å². The zero-order valence-electron chi connectivity index (χ0n) is 13.3. The van der Waals surface area contributed by atoms with Crippen LogP contribution in [0.15, 0.2) is 18.2 Å². The van der Waals surface area contributed by atoms with Gasteiger partial charge in [0.25, 0.3) is 0 Å². The molecule has 1 fully saturated rings. The molecule has 2 nitrogen and oxygen atoms in total. The van der Waals surface area contributed by atoms with Gasteiger partial charge in [-0.05, 0) is 46.2 Å². The highest BCUT2D eigenvalue weighted by molar-refractivity contribution is 5.19. The minimum absolute atomic E-state index is 0.0766. The Bertz CT molecular complexity index is 468. The maximum atomic E-state index is 13.8. The molecule has 1 saturated heterocycles. The summed E-state index contributed by atoms with van der Waals surface area (Å²) in [4.78, 5) is 2.28. The molecule has 1 aliphatic heterocycles. The maximum absolute atomic E-state index is 13.8. The van der Waals surface area contributed by atoms with Crippen LogP contribution in [0.5, 0.6) is 0 Å². The average molecular weight is 296 g/mol. The fraction of sp³-hybridized carbons (Fsp3) is 0.647. The van der Waals surface area contributed by atoms with Crippen LogP contribution >= 0.6 is 0 Å². The Kier molecular flexibility index (Phi) is 5.33. The van der Waals surface area contributed by atoms with Gasteiger partial charge in [-0.1, -0.05) is 18.6 Å². The third kappa shape index (κ3) is 4.75. The minimum Gasteiger partial charge on any atom is -0.311 e. The largest absolute Gasteiger partial charge is 0.311 e. The van der Waals surface area contributed by atoms with Gasteiger partial charge in [0.15, 0.2) is 11.6 Å². The van der Waals surface area contributed by atoms with Crippen molar-refractivity contribution in [3.05, 3.63) is 35.4 Å².